The van der Waals surface area contributed by atoms with E-state index in [2.05, 4.69) is 20.8 Å². The maximum Gasteiger partial charge on any atom is 0.269 e. The van der Waals surface area contributed by atoms with Gasteiger partial charge in [-0.25, -0.2) is 0 Å². The second-order valence-electron chi connectivity index (χ2n) is 4.70. The van der Waals surface area contributed by atoms with Crippen LogP contribution in [0.1, 0.15) is 24.3 Å². The summed E-state index contributed by atoms with van der Waals surface area (Å²) in [6.07, 6.45) is 0. The Labute approximate surface area is 130 Å². The Bertz CT molecular complexity index is 556. The van der Waals surface area contributed by atoms with Gasteiger partial charge in [-0.2, -0.15) is 5.10 Å². The van der Waals surface area contributed by atoms with Crippen LogP contribution in [0.25, 0.3) is 11.3 Å². The molecular formula is C15H21ClN4O. The smallest absolute Gasteiger partial charge is 0.269 e. The maximum atomic E-state index is 12.0. The van der Waals surface area contributed by atoms with Gasteiger partial charge in [0.05, 0.1) is 5.69 Å². The average Bonchev–Trinajstić information content (AvgIpc) is 2.96. The quantitative estimate of drug-likeness (QED) is 0.766. The number of benzene rings is 1. The summed E-state index contributed by atoms with van der Waals surface area (Å²) >= 11 is 0. The Morgan fingerprint density at radius 2 is 2.05 bits per heavy atom. The number of aromatic amines is 1. The molecule has 2 rings (SSSR count). The third-order valence-corrected chi connectivity index (χ3v) is 3.01. The summed E-state index contributed by atoms with van der Waals surface area (Å²) in [5, 5.41) is 13.1. The summed E-state index contributed by atoms with van der Waals surface area (Å²) in [5.74, 6) is -0.135. The number of carbonyl (C=O) groups is 1. The number of hydrogen-bond acceptors (Lipinski definition) is 3. The summed E-state index contributed by atoms with van der Waals surface area (Å²) in [6.45, 7) is 5.55. The van der Waals surface area contributed by atoms with Gasteiger partial charge in [0.2, 0.25) is 0 Å². The zero-order chi connectivity index (χ0) is 14.4. The van der Waals surface area contributed by atoms with Crippen LogP contribution in [0.5, 0.6) is 0 Å². The molecule has 0 aliphatic rings. The highest BCUT2D eigenvalue weighted by molar-refractivity contribution is 5.93. The van der Waals surface area contributed by atoms with E-state index in [9.17, 15) is 4.79 Å². The molecular weight excluding hydrogens is 288 g/mol. The lowest BCUT2D eigenvalue weighted by Crippen LogP contribution is -2.38. The van der Waals surface area contributed by atoms with E-state index in [1.165, 1.54) is 0 Å². The topological polar surface area (TPSA) is 69.8 Å². The van der Waals surface area contributed by atoms with Gasteiger partial charge in [0.15, 0.2) is 0 Å². The van der Waals surface area contributed by atoms with Crippen molar-refractivity contribution in [2.24, 2.45) is 0 Å². The molecule has 0 fully saturated rings. The molecule has 2 aromatic rings. The third kappa shape index (κ3) is 4.88. The fraction of sp³-hybridized carbons (Fsp3) is 0.333. The van der Waals surface area contributed by atoms with E-state index in [4.69, 9.17) is 0 Å². The lowest BCUT2D eigenvalue weighted by atomic mass is 10.1. The van der Waals surface area contributed by atoms with E-state index in [1.54, 1.807) is 6.07 Å². The summed E-state index contributed by atoms with van der Waals surface area (Å²) in [4.78, 5) is 12.0. The van der Waals surface area contributed by atoms with Crippen molar-refractivity contribution in [3.63, 3.8) is 0 Å². The summed E-state index contributed by atoms with van der Waals surface area (Å²) in [6, 6.07) is 11.8. The van der Waals surface area contributed by atoms with Gasteiger partial charge in [-0.1, -0.05) is 37.3 Å². The molecule has 0 radical (unpaired) electrons. The van der Waals surface area contributed by atoms with Crippen LogP contribution in [-0.4, -0.2) is 35.2 Å². The minimum Gasteiger partial charge on any atom is -0.349 e. The number of halogens is 1. The molecule has 21 heavy (non-hydrogen) atoms. The molecule has 0 aliphatic carbocycles. The van der Waals surface area contributed by atoms with Crippen LogP contribution in [0.3, 0.4) is 0 Å². The van der Waals surface area contributed by atoms with Crippen molar-refractivity contribution in [2.45, 2.75) is 19.9 Å². The number of nitrogens with zero attached hydrogens (tertiary/aromatic N) is 1. The van der Waals surface area contributed by atoms with E-state index in [-0.39, 0.29) is 24.4 Å². The fourth-order valence-electron chi connectivity index (χ4n) is 1.96. The predicted octanol–water partition coefficient (Wildman–Crippen LogP) is 2.23. The van der Waals surface area contributed by atoms with Crippen LogP contribution in [0.2, 0.25) is 0 Å². The number of hydrogen-bond donors (Lipinski definition) is 3. The summed E-state index contributed by atoms with van der Waals surface area (Å²) < 4.78 is 0. The van der Waals surface area contributed by atoms with Crippen LogP contribution in [0, 0.1) is 0 Å². The predicted molar refractivity (Wildman–Crippen MR) is 86.7 cm³/mol. The first-order valence-electron chi connectivity index (χ1n) is 6.83. The number of aromatic nitrogens is 2. The number of likely N-dealkylation sites (N-methyl/N-ethyl adjacent to an activating group) is 1. The number of nitrogens with one attached hydrogen (secondary N) is 3. The average molecular weight is 309 g/mol. The lowest BCUT2D eigenvalue weighted by molar-refractivity contribution is 0.0945. The van der Waals surface area contributed by atoms with Crippen LogP contribution in [0.15, 0.2) is 36.4 Å². The first-order chi connectivity index (χ1) is 9.70. The van der Waals surface area contributed by atoms with Gasteiger partial charge >= 0.3 is 0 Å². The number of rotatable bonds is 6. The number of H-pyrrole nitrogens is 1. The van der Waals surface area contributed by atoms with Crippen molar-refractivity contribution in [2.75, 3.05) is 13.1 Å². The Morgan fingerprint density at radius 3 is 2.71 bits per heavy atom. The van der Waals surface area contributed by atoms with Crippen LogP contribution in [-0.2, 0) is 0 Å². The fourth-order valence-corrected chi connectivity index (χ4v) is 1.96. The molecule has 0 unspecified atom stereocenters. The van der Waals surface area contributed by atoms with Gasteiger partial charge in [0, 0.05) is 18.2 Å². The molecule has 0 aliphatic heterocycles. The molecule has 0 saturated heterocycles. The molecule has 3 N–H and O–H groups in total. The monoisotopic (exact) mass is 308 g/mol. The van der Waals surface area contributed by atoms with Gasteiger partial charge < -0.3 is 10.6 Å². The normalized spacial score (nSPS) is 11.5. The zero-order valence-corrected chi connectivity index (χ0v) is 13.0. The molecule has 1 aromatic carbocycles. The van der Waals surface area contributed by atoms with Crippen LogP contribution in [0.4, 0.5) is 0 Å². The summed E-state index contributed by atoms with van der Waals surface area (Å²) in [5.41, 5.74) is 2.24. The molecule has 0 saturated carbocycles. The molecule has 0 spiro atoms. The van der Waals surface area contributed by atoms with Gasteiger partial charge in [0.1, 0.15) is 5.69 Å². The minimum absolute atomic E-state index is 0. The molecule has 1 atom stereocenters. The largest absolute Gasteiger partial charge is 0.349 e. The van der Waals surface area contributed by atoms with E-state index < -0.39 is 0 Å². The van der Waals surface area contributed by atoms with Crippen molar-refractivity contribution in [3.05, 3.63) is 42.1 Å². The van der Waals surface area contributed by atoms with Crippen molar-refractivity contribution in [1.29, 1.82) is 0 Å². The van der Waals surface area contributed by atoms with Crippen molar-refractivity contribution in [1.82, 2.24) is 20.8 Å². The SMILES string of the molecule is CCN[C@H](C)CNC(=O)c1cc(-c2ccccc2)n[nH]1.Cl. The van der Waals surface area contributed by atoms with E-state index >= 15 is 0 Å². The first kappa shape index (κ1) is 17.2. The van der Waals surface area contributed by atoms with E-state index in [0.29, 0.717) is 12.2 Å². The second kappa shape index (κ2) is 8.44. The van der Waals surface area contributed by atoms with Crippen molar-refractivity contribution < 1.29 is 4.79 Å². The van der Waals surface area contributed by atoms with E-state index in [1.807, 2.05) is 44.2 Å². The lowest BCUT2D eigenvalue weighted by Gasteiger charge is -2.12. The zero-order valence-electron chi connectivity index (χ0n) is 12.2. The first-order valence-corrected chi connectivity index (χ1v) is 6.83. The molecule has 114 valence electrons. The van der Waals surface area contributed by atoms with Gasteiger partial charge in [-0.15, -0.1) is 12.4 Å². The van der Waals surface area contributed by atoms with Crippen LogP contribution >= 0.6 is 12.4 Å². The van der Waals surface area contributed by atoms with Crippen LogP contribution < -0.4 is 10.6 Å². The molecule has 1 heterocycles. The minimum atomic E-state index is -0.135. The maximum absolute atomic E-state index is 12.0. The summed E-state index contributed by atoms with van der Waals surface area (Å²) in [7, 11) is 0. The highest BCUT2D eigenvalue weighted by Gasteiger charge is 2.11. The molecule has 5 nitrogen and oxygen atoms in total. The number of amides is 1. The highest BCUT2D eigenvalue weighted by Crippen LogP contribution is 2.16. The Hall–Kier alpha value is -1.85. The standard InChI is InChI=1S/C15H20N4O.ClH/c1-3-16-11(2)10-17-15(20)14-9-13(18-19-14)12-7-5-4-6-8-12;/h4-9,11,16H,3,10H2,1-2H3,(H,17,20)(H,18,19);1H/t11-;/m1./s1. The second-order valence-corrected chi connectivity index (χ2v) is 4.70. The molecule has 1 aromatic heterocycles. The molecule has 0 bridgehead atoms. The van der Waals surface area contributed by atoms with Gasteiger partial charge in [-0.3, -0.25) is 9.89 Å². The van der Waals surface area contributed by atoms with Crippen molar-refractivity contribution in [3.8, 4) is 11.3 Å². The van der Waals surface area contributed by atoms with Crippen molar-refractivity contribution >= 4 is 18.3 Å². The molecule has 6 heteroatoms. The Balaban J connectivity index is 0.00000220. The highest BCUT2D eigenvalue weighted by atomic mass is 35.5. The Morgan fingerprint density at radius 1 is 1.33 bits per heavy atom. The number of carbonyl (C=O) groups excluding carboxylic acids is 1. The van der Waals surface area contributed by atoms with Gasteiger partial charge in [0.25, 0.3) is 5.91 Å². The van der Waals surface area contributed by atoms with E-state index in [0.717, 1.165) is 17.8 Å². The third-order valence-electron chi connectivity index (χ3n) is 3.01. The Kier molecular flexibility index (Phi) is 6.91. The van der Waals surface area contributed by atoms with Gasteiger partial charge in [-0.05, 0) is 19.5 Å². The molecule has 1 amide bonds.